The van der Waals surface area contributed by atoms with E-state index < -0.39 is 12.1 Å². The van der Waals surface area contributed by atoms with Crippen LogP contribution in [0.2, 0.25) is 0 Å². The van der Waals surface area contributed by atoms with Gasteiger partial charge in [-0.2, -0.15) is 11.8 Å². The lowest BCUT2D eigenvalue weighted by molar-refractivity contribution is -0.137. The number of hydrogen-bond acceptors (Lipinski definition) is 6. The number of fused-ring (bicyclic) bond motifs is 1. The van der Waals surface area contributed by atoms with Gasteiger partial charge >= 0.3 is 5.97 Å². The summed E-state index contributed by atoms with van der Waals surface area (Å²) in [4.78, 5) is 18.3. The van der Waals surface area contributed by atoms with Gasteiger partial charge in [0.2, 0.25) is 0 Å². The normalized spacial score (nSPS) is 22.2. The summed E-state index contributed by atoms with van der Waals surface area (Å²) in [7, 11) is 1.64. The van der Waals surface area contributed by atoms with Gasteiger partial charge < -0.3 is 19.8 Å². The van der Waals surface area contributed by atoms with Crippen LogP contribution >= 0.6 is 11.8 Å². The van der Waals surface area contributed by atoms with Crippen LogP contribution in [0.5, 0.6) is 5.75 Å². The van der Waals surface area contributed by atoms with Gasteiger partial charge in [0, 0.05) is 29.8 Å². The van der Waals surface area contributed by atoms with Gasteiger partial charge in [-0.25, -0.2) is 0 Å². The van der Waals surface area contributed by atoms with Crippen molar-refractivity contribution in [1.82, 2.24) is 9.88 Å². The first-order valence-corrected chi connectivity index (χ1v) is 14.7. The summed E-state index contributed by atoms with van der Waals surface area (Å²) in [6, 6.07) is 7.66. The third-order valence-corrected chi connectivity index (χ3v) is 9.60. The molecule has 2 aromatic rings. The van der Waals surface area contributed by atoms with Crippen LogP contribution in [0.3, 0.4) is 0 Å². The molecule has 1 aliphatic carbocycles. The van der Waals surface area contributed by atoms with Gasteiger partial charge in [0.25, 0.3) is 0 Å². The average Bonchev–Trinajstić information content (AvgIpc) is 3.42. The molecule has 4 rings (SSSR count). The molecule has 0 amide bonds. The molecule has 1 unspecified atom stereocenters. The Kier molecular flexibility index (Phi) is 10.3. The zero-order valence-electron chi connectivity index (χ0n) is 21.6. The van der Waals surface area contributed by atoms with Crippen molar-refractivity contribution in [3.8, 4) is 5.75 Å². The molecule has 0 radical (unpaired) electrons. The second-order valence-corrected chi connectivity index (χ2v) is 12.0. The van der Waals surface area contributed by atoms with Crippen LogP contribution in [-0.2, 0) is 4.79 Å². The number of ether oxygens (including phenoxy) is 1. The number of methoxy groups -OCH3 is 1. The summed E-state index contributed by atoms with van der Waals surface area (Å²) in [5.74, 6) is 2.11. The highest BCUT2D eigenvalue weighted by Gasteiger charge is 2.30. The quantitative estimate of drug-likeness (QED) is 0.321. The number of piperidine rings is 1. The molecule has 1 saturated carbocycles. The summed E-state index contributed by atoms with van der Waals surface area (Å²) in [5, 5.41) is 22.2. The van der Waals surface area contributed by atoms with Crippen molar-refractivity contribution in [1.29, 1.82) is 0 Å². The fraction of sp³-hybridized carbons (Fsp3) is 0.655. The Morgan fingerprint density at radius 1 is 1.19 bits per heavy atom. The zero-order valence-corrected chi connectivity index (χ0v) is 22.4. The van der Waals surface area contributed by atoms with Crippen molar-refractivity contribution in [2.45, 2.75) is 75.6 Å². The number of aliphatic hydroxyl groups excluding tert-OH is 1. The average molecular weight is 515 g/mol. The number of hydrogen-bond donors (Lipinski definition) is 2. The number of pyridine rings is 1. The summed E-state index contributed by atoms with van der Waals surface area (Å²) in [6.45, 7) is 3.18. The lowest BCUT2D eigenvalue weighted by Crippen LogP contribution is -2.41. The molecule has 2 heterocycles. The van der Waals surface area contributed by atoms with Crippen LogP contribution in [0.4, 0.5) is 0 Å². The largest absolute Gasteiger partial charge is 0.497 e. The molecule has 2 fully saturated rings. The Morgan fingerprint density at radius 3 is 2.81 bits per heavy atom. The highest BCUT2D eigenvalue weighted by molar-refractivity contribution is 7.99. The molecule has 1 aliphatic heterocycles. The number of carboxylic acid groups (broad SMARTS) is 1. The molecule has 6 nitrogen and oxygen atoms in total. The number of aromatic nitrogens is 1. The fourth-order valence-corrected chi connectivity index (χ4v) is 7.36. The number of likely N-dealkylation sites (tertiary alicyclic amines) is 1. The van der Waals surface area contributed by atoms with Gasteiger partial charge in [-0.1, -0.05) is 12.8 Å². The van der Waals surface area contributed by atoms with Crippen LogP contribution in [0.1, 0.15) is 75.9 Å². The summed E-state index contributed by atoms with van der Waals surface area (Å²) < 4.78 is 5.38. The van der Waals surface area contributed by atoms with E-state index >= 15 is 0 Å². The molecule has 198 valence electrons. The highest BCUT2D eigenvalue weighted by Crippen LogP contribution is 2.35. The number of carboxylic acids is 1. The number of thioether (sulfide) groups is 1. The van der Waals surface area contributed by atoms with Crippen LogP contribution in [0, 0.1) is 11.8 Å². The first-order valence-electron chi connectivity index (χ1n) is 13.7. The van der Waals surface area contributed by atoms with E-state index in [-0.39, 0.29) is 6.42 Å². The maximum absolute atomic E-state index is 11.3. The van der Waals surface area contributed by atoms with Gasteiger partial charge in [0.15, 0.2) is 0 Å². The van der Waals surface area contributed by atoms with Crippen molar-refractivity contribution >= 4 is 28.6 Å². The number of carbonyl (C=O) groups is 1. The van der Waals surface area contributed by atoms with Crippen LogP contribution < -0.4 is 4.74 Å². The van der Waals surface area contributed by atoms with Gasteiger partial charge in [-0.15, -0.1) is 0 Å². The molecule has 0 bridgehead atoms. The lowest BCUT2D eigenvalue weighted by Gasteiger charge is -2.39. The van der Waals surface area contributed by atoms with E-state index in [4.69, 9.17) is 4.74 Å². The first-order chi connectivity index (χ1) is 17.5. The van der Waals surface area contributed by atoms with E-state index in [1.54, 1.807) is 13.3 Å². The first kappa shape index (κ1) is 27.2. The number of benzene rings is 1. The molecule has 7 heteroatoms. The van der Waals surface area contributed by atoms with Gasteiger partial charge in [0.05, 0.1) is 18.7 Å². The second kappa shape index (κ2) is 13.6. The van der Waals surface area contributed by atoms with E-state index in [9.17, 15) is 15.0 Å². The maximum Gasteiger partial charge on any atom is 0.303 e. The van der Waals surface area contributed by atoms with Crippen molar-refractivity contribution in [2.75, 3.05) is 32.5 Å². The van der Waals surface area contributed by atoms with E-state index in [2.05, 4.69) is 21.6 Å². The highest BCUT2D eigenvalue weighted by atomic mass is 32.2. The van der Waals surface area contributed by atoms with Gasteiger partial charge in [-0.3, -0.25) is 9.78 Å². The van der Waals surface area contributed by atoms with Gasteiger partial charge in [0.1, 0.15) is 5.75 Å². The van der Waals surface area contributed by atoms with Crippen molar-refractivity contribution < 1.29 is 19.7 Å². The Hall–Kier alpha value is -1.83. The number of rotatable bonds is 13. The minimum atomic E-state index is -0.712. The van der Waals surface area contributed by atoms with E-state index in [1.807, 2.05) is 24.3 Å². The number of nitrogens with zero attached hydrogens (tertiary/aromatic N) is 2. The molecule has 1 aromatic heterocycles. The zero-order chi connectivity index (χ0) is 25.3. The fourth-order valence-electron chi connectivity index (χ4n) is 6.06. The minimum Gasteiger partial charge on any atom is -0.497 e. The van der Waals surface area contributed by atoms with E-state index in [0.717, 1.165) is 66.4 Å². The topological polar surface area (TPSA) is 82.9 Å². The van der Waals surface area contributed by atoms with Crippen LogP contribution in [0.25, 0.3) is 10.9 Å². The van der Waals surface area contributed by atoms with Gasteiger partial charge in [-0.05, 0) is 105 Å². The Bertz CT molecular complexity index is 981. The minimum absolute atomic E-state index is 0.226. The third kappa shape index (κ3) is 7.59. The van der Waals surface area contributed by atoms with Crippen molar-refractivity contribution in [3.63, 3.8) is 0 Å². The molecule has 1 aromatic carbocycles. The number of aliphatic hydroxyl groups is 1. The monoisotopic (exact) mass is 514 g/mol. The molecular weight excluding hydrogens is 472 g/mol. The maximum atomic E-state index is 11.3. The SMILES string of the molecule is COc1ccc2nccc(C(O)CC[C@@H]3CCN(CCCSC4CCCC4)C[C@@H]3CCC(=O)O)c2c1. The Balaban J connectivity index is 1.31. The summed E-state index contributed by atoms with van der Waals surface area (Å²) >= 11 is 2.16. The Labute approximate surface area is 219 Å². The molecule has 2 aliphatic rings. The summed E-state index contributed by atoms with van der Waals surface area (Å²) in [5.41, 5.74) is 1.74. The van der Waals surface area contributed by atoms with E-state index in [1.165, 1.54) is 37.9 Å². The predicted molar refractivity (Wildman–Crippen MR) is 147 cm³/mol. The van der Waals surface area contributed by atoms with E-state index in [0.29, 0.717) is 18.3 Å². The lowest BCUT2D eigenvalue weighted by atomic mass is 9.79. The molecule has 1 saturated heterocycles. The smallest absolute Gasteiger partial charge is 0.303 e. The molecule has 0 spiro atoms. The number of aliphatic carboxylic acids is 1. The molecule has 2 N–H and O–H groups in total. The van der Waals surface area contributed by atoms with Crippen LogP contribution in [0.15, 0.2) is 30.5 Å². The summed E-state index contributed by atoms with van der Waals surface area (Å²) in [6.07, 6.45) is 11.6. The van der Waals surface area contributed by atoms with Crippen molar-refractivity contribution in [2.24, 2.45) is 11.8 Å². The standard InChI is InChI=1S/C29H42N2O4S/c1-35-23-9-10-27-26(19-23)25(13-15-30-27)28(32)11-7-21-14-17-31(20-22(21)8-12-29(33)34)16-4-18-36-24-5-2-3-6-24/h9-10,13,15,19,21-22,24,28,32H,2-8,11-12,14,16-18,20H2,1H3,(H,33,34)/t21-,22+,28?/m1/s1. The molecule has 3 atom stereocenters. The third-order valence-electron chi connectivity index (χ3n) is 8.13. The van der Waals surface area contributed by atoms with Crippen LogP contribution in [-0.4, -0.2) is 63.8 Å². The predicted octanol–water partition coefficient (Wildman–Crippen LogP) is 5.93. The molecule has 36 heavy (non-hydrogen) atoms. The molecular formula is C29H42N2O4S. The second-order valence-electron chi connectivity index (χ2n) is 10.5. The Morgan fingerprint density at radius 2 is 2.03 bits per heavy atom. The van der Waals surface area contributed by atoms with Crippen molar-refractivity contribution in [3.05, 3.63) is 36.0 Å².